The molecular weight excluding hydrogens is 353 g/mol. The summed E-state index contributed by atoms with van der Waals surface area (Å²) in [5.41, 5.74) is 1.39. The first kappa shape index (κ1) is 17.2. The second-order valence-corrected chi connectivity index (χ2v) is 6.11. The number of aliphatic hydroxyl groups excluding tert-OH is 1. The van der Waals surface area contributed by atoms with Crippen molar-refractivity contribution in [3.05, 3.63) is 53.6 Å². The Labute approximate surface area is 154 Å². The molecule has 0 atom stereocenters. The SMILES string of the molecule is O=C1NCCOc2ccc(F)cc2CN(CCO)c2ccn3ncc1c3n2. The zero-order chi connectivity index (χ0) is 18.8. The van der Waals surface area contributed by atoms with Gasteiger partial charge in [-0.1, -0.05) is 0 Å². The van der Waals surface area contributed by atoms with E-state index in [4.69, 9.17) is 4.74 Å². The number of aliphatic hydroxyl groups is 1. The molecule has 4 rings (SSSR count). The maximum absolute atomic E-state index is 13.8. The van der Waals surface area contributed by atoms with E-state index in [0.717, 1.165) is 0 Å². The van der Waals surface area contributed by atoms with Crippen molar-refractivity contribution < 1.29 is 19.0 Å². The Morgan fingerprint density at radius 1 is 1.33 bits per heavy atom. The van der Waals surface area contributed by atoms with Gasteiger partial charge in [0.2, 0.25) is 0 Å². The van der Waals surface area contributed by atoms with Gasteiger partial charge in [-0.05, 0) is 24.3 Å². The molecule has 2 N–H and O–H groups in total. The summed E-state index contributed by atoms with van der Waals surface area (Å²) in [6.45, 7) is 0.994. The van der Waals surface area contributed by atoms with Crippen LogP contribution in [-0.4, -0.2) is 51.9 Å². The lowest BCUT2D eigenvalue weighted by molar-refractivity contribution is 0.0948. The van der Waals surface area contributed by atoms with Gasteiger partial charge < -0.3 is 20.1 Å². The van der Waals surface area contributed by atoms with Crippen molar-refractivity contribution in [3.63, 3.8) is 0 Å². The first-order valence-corrected chi connectivity index (χ1v) is 8.55. The summed E-state index contributed by atoms with van der Waals surface area (Å²) in [4.78, 5) is 18.8. The highest BCUT2D eigenvalue weighted by Crippen LogP contribution is 2.24. The fraction of sp³-hybridized carbons (Fsp3) is 0.278. The maximum atomic E-state index is 13.8. The number of ether oxygens (including phenoxy) is 1. The number of nitrogens with zero attached hydrogens (tertiary/aromatic N) is 4. The maximum Gasteiger partial charge on any atom is 0.256 e. The van der Waals surface area contributed by atoms with Gasteiger partial charge in [-0.2, -0.15) is 5.10 Å². The minimum absolute atomic E-state index is 0.106. The molecule has 2 bridgehead atoms. The Bertz CT molecular complexity index is 990. The number of anilines is 1. The first-order chi connectivity index (χ1) is 13.2. The lowest BCUT2D eigenvalue weighted by Gasteiger charge is -2.24. The fourth-order valence-electron chi connectivity index (χ4n) is 3.03. The van der Waals surface area contributed by atoms with E-state index >= 15 is 0 Å². The topological polar surface area (TPSA) is 92.0 Å². The number of carbonyl (C=O) groups excluding carboxylic acids is 1. The minimum Gasteiger partial charge on any atom is -0.491 e. The van der Waals surface area contributed by atoms with Crippen LogP contribution in [0.1, 0.15) is 15.9 Å². The molecular formula is C18H18FN5O3. The molecule has 9 heteroatoms. The molecule has 0 aliphatic carbocycles. The summed E-state index contributed by atoms with van der Waals surface area (Å²) in [6.07, 6.45) is 3.16. The van der Waals surface area contributed by atoms with Crippen LogP contribution in [0.15, 0.2) is 36.7 Å². The van der Waals surface area contributed by atoms with Crippen molar-refractivity contribution in [3.8, 4) is 5.75 Å². The normalized spacial score (nSPS) is 14.7. The van der Waals surface area contributed by atoms with E-state index in [1.165, 1.54) is 22.8 Å². The van der Waals surface area contributed by atoms with Crippen LogP contribution in [0, 0.1) is 5.82 Å². The molecule has 1 aliphatic heterocycles. The monoisotopic (exact) mass is 371 g/mol. The number of benzene rings is 1. The van der Waals surface area contributed by atoms with E-state index < -0.39 is 0 Å². The summed E-state index contributed by atoms with van der Waals surface area (Å²) < 4.78 is 21.0. The molecule has 0 saturated carbocycles. The third-order valence-corrected chi connectivity index (χ3v) is 4.32. The Kier molecular flexibility index (Phi) is 4.59. The number of hydrogen-bond donors (Lipinski definition) is 2. The number of halogens is 1. The van der Waals surface area contributed by atoms with Gasteiger partial charge in [0, 0.05) is 24.8 Å². The number of aromatic nitrogens is 3. The van der Waals surface area contributed by atoms with E-state index in [0.29, 0.717) is 34.9 Å². The quantitative estimate of drug-likeness (QED) is 0.698. The molecule has 8 nitrogen and oxygen atoms in total. The highest BCUT2D eigenvalue weighted by Gasteiger charge is 2.18. The first-order valence-electron chi connectivity index (χ1n) is 8.55. The molecule has 2 aromatic heterocycles. The van der Waals surface area contributed by atoms with E-state index in [-0.39, 0.29) is 38.0 Å². The number of β-amino-alcohol motifs (C(OH)–C–C–N with tert-alkyl or cyclic N) is 1. The van der Waals surface area contributed by atoms with Crippen LogP contribution in [0.3, 0.4) is 0 Å². The van der Waals surface area contributed by atoms with Crippen molar-refractivity contribution in [2.24, 2.45) is 0 Å². The second kappa shape index (κ2) is 7.20. The molecule has 1 aliphatic rings. The highest BCUT2D eigenvalue weighted by atomic mass is 19.1. The third kappa shape index (κ3) is 3.41. The second-order valence-electron chi connectivity index (χ2n) is 6.11. The fourth-order valence-corrected chi connectivity index (χ4v) is 3.03. The number of rotatable bonds is 2. The Morgan fingerprint density at radius 2 is 2.22 bits per heavy atom. The predicted octanol–water partition coefficient (Wildman–Crippen LogP) is 0.989. The Hall–Kier alpha value is -3.20. The number of fused-ring (bicyclic) bond motifs is 2. The molecule has 0 unspecified atom stereocenters. The van der Waals surface area contributed by atoms with Crippen LogP contribution in [0.4, 0.5) is 10.2 Å². The van der Waals surface area contributed by atoms with Crippen LogP contribution in [-0.2, 0) is 6.54 Å². The van der Waals surface area contributed by atoms with Gasteiger partial charge in [0.1, 0.15) is 29.6 Å². The molecule has 0 fully saturated rings. The molecule has 0 radical (unpaired) electrons. The van der Waals surface area contributed by atoms with Crippen LogP contribution in [0.2, 0.25) is 0 Å². The Balaban J connectivity index is 1.82. The minimum atomic E-state index is -0.375. The summed E-state index contributed by atoms with van der Waals surface area (Å²) in [7, 11) is 0. The highest BCUT2D eigenvalue weighted by molar-refractivity contribution is 5.99. The largest absolute Gasteiger partial charge is 0.491 e. The van der Waals surface area contributed by atoms with E-state index in [2.05, 4.69) is 15.4 Å². The lowest BCUT2D eigenvalue weighted by Crippen LogP contribution is -2.28. The smallest absolute Gasteiger partial charge is 0.256 e. The van der Waals surface area contributed by atoms with Gasteiger partial charge in [0.05, 0.1) is 19.3 Å². The molecule has 140 valence electrons. The van der Waals surface area contributed by atoms with Crippen LogP contribution in [0.25, 0.3) is 5.65 Å². The molecule has 27 heavy (non-hydrogen) atoms. The predicted molar refractivity (Wildman–Crippen MR) is 95.4 cm³/mol. The number of carbonyl (C=O) groups is 1. The van der Waals surface area contributed by atoms with Gasteiger partial charge in [-0.25, -0.2) is 13.9 Å². The zero-order valence-electron chi connectivity index (χ0n) is 14.4. The van der Waals surface area contributed by atoms with Crippen molar-refractivity contribution in [2.45, 2.75) is 6.54 Å². The number of nitrogens with one attached hydrogen (secondary N) is 1. The standard InChI is InChI=1S/C18H18FN5O3/c19-13-1-2-15-12(9-13)11-23(6-7-25)16-3-5-24-17(22-16)14(10-21-24)18(26)20-4-8-27-15/h1-3,5,9-10,25H,4,6-8,11H2,(H,20,26). The number of hydrogen-bond acceptors (Lipinski definition) is 6. The van der Waals surface area contributed by atoms with Gasteiger partial charge in [-0.3, -0.25) is 4.79 Å². The van der Waals surface area contributed by atoms with Crippen LogP contribution >= 0.6 is 0 Å². The molecule has 0 saturated heterocycles. The van der Waals surface area contributed by atoms with Crippen LogP contribution in [0.5, 0.6) is 5.75 Å². The van der Waals surface area contributed by atoms with E-state index in [9.17, 15) is 14.3 Å². The van der Waals surface area contributed by atoms with Crippen LogP contribution < -0.4 is 15.0 Å². The van der Waals surface area contributed by atoms with Gasteiger partial charge in [0.15, 0.2) is 5.65 Å². The Morgan fingerprint density at radius 3 is 3.07 bits per heavy atom. The average molecular weight is 371 g/mol. The average Bonchev–Trinajstić information content (AvgIpc) is 3.08. The summed E-state index contributed by atoms with van der Waals surface area (Å²) in [6, 6.07) is 6.03. The summed E-state index contributed by atoms with van der Waals surface area (Å²) >= 11 is 0. The molecule has 3 heterocycles. The molecule has 3 aromatic rings. The number of amides is 1. The third-order valence-electron chi connectivity index (χ3n) is 4.32. The molecule has 1 aromatic carbocycles. The lowest BCUT2D eigenvalue weighted by atomic mass is 10.1. The van der Waals surface area contributed by atoms with Gasteiger partial charge >= 0.3 is 0 Å². The molecule has 0 spiro atoms. The van der Waals surface area contributed by atoms with E-state index in [1.807, 2.05) is 0 Å². The van der Waals surface area contributed by atoms with Crippen molar-refractivity contribution >= 4 is 17.4 Å². The zero-order valence-corrected chi connectivity index (χ0v) is 14.4. The van der Waals surface area contributed by atoms with Crippen molar-refractivity contribution in [1.29, 1.82) is 0 Å². The van der Waals surface area contributed by atoms with Crippen molar-refractivity contribution in [1.82, 2.24) is 19.9 Å². The van der Waals surface area contributed by atoms with Crippen molar-refractivity contribution in [2.75, 3.05) is 31.2 Å². The summed E-state index contributed by atoms with van der Waals surface area (Å²) in [5, 5.41) is 16.4. The van der Waals surface area contributed by atoms with E-state index in [1.54, 1.807) is 23.2 Å². The molecule has 1 amide bonds. The summed E-state index contributed by atoms with van der Waals surface area (Å²) in [5.74, 6) is 0.392. The van der Waals surface area contributed by atoms with Gasteiger partial charge in [-0.15, -0.1) is 0 Å². The van der Waals surface area contributed by atoms with Gasteiger partial charge in [0.25, 0.3) is 5.91 Å².